The number of nitrogens with zero attached hydrogens (tertiary/aromatic N) is 3. The van der Waals surface area contributed by atoms with E-state index in [2.05, 4.69) is 27.4 Å². The van der Waals surface area contributed by atoms with E-state index in [4.69, 9.17) is 0 Å². The number of nitrogens with one attached hydrogen (secondary N) is 2. The smallest absolute Gasteiger partial charge is 0.214 e. The average Bonchev–Trinajstić information content (AvgIpc) is 2.68. The van der Waals surface area contributed by atoms with Gasteiger partial charge in [-0.3, -0.25) is 4.99 Å². The molecule has 2 rings (SSSR count). The van der Waals surface area contributed by atoms with Gasteiger partial charge in [0.2, 0.25) is 10.0 Å². The van der Waals surface area contributed by atoms with Crippen molar-refractivity contribution in [1.29, 1.82) is 0 Å². The molecule has 0 saturated carbocycles. The number of aliphatic imine (C=N–C) groups is 1. The topological polar surface area (TPSA) is 77.0 Å². The van der Waals surface area contributed by atoms with Gasteiger partial charge in [-0.05, 0) is 64.1 Å². The molecule has 0 unspecified atom stereocenters. The summed E-state index contributed by atoms with van der Waals surface area (Å²) in [6.07, 6.45) is 6.12. The highest BCUT2D eigenvalue weighted by atomic mass is 32.2. The summed E-state index contributed by atoms with van der Waals surface area (Å²) in [5, 5.41) is 6.92. The molecule has 0 aliphatic carbocycles. The third kappa shape index (κ3) is 7.23. The van der Waals surface area contributed by atoms with E-state index in [1.807, 2.05) is 6.92 Å². The molecule has 2 aliphatic heterocycles. The van der Waals surface area contributed by atoms with Crippen molar-refractivity contribution < 1.29 is 8.42 Å². The van der Waals surface area contributed by atoms with Crippen LogP contribution in [0, 0.1) is 5.92 Å². The minimum Gasteiger partial charge on any atom is -0.356 e. The zero-order valence-electron chi connectivity index (χ0n) is 17.4. The van der Waals surface area contributed by atoms with E-state index in [1.165, 1.54) is 38.9 Å². The van der Waals surface area contributed by atoms with Gasteiger partial charge in [-0.2, -0.15) is 0 Å². The van der Waals surface area contributed by atoms with Gasteiger partial charge in [-0.25, -0.2) is 12.7 Å². The van der Waals surface area contributed by atoms with E-state index in [0.717, 1.165) is 31.3 Å². The number of hydrogen-bond acceptors (Lipinski definition) is 4. The standard InChI is InChI=1S/C19H39N5O2S/c1-4-16-27(25,26)24-14-9-18(10-15-24)22-19(20-3)21-11-6-17-7-12-23(5-2)13-8-17/h17-18H,4-16H2,1-3H3,(H2,20,21,22). The third-order valence-electron chi connectivity index (χ3n) is 5.87. The monoisotopic (exact) mass is 401 g/mol. The zero-order valence-corrected chi connectivity index (χ0v) is 18.2. The van der Waals surface area contributed by atoms with E-state index in [-0.39, 0.29) is 11.8 Å². The Hall–Kier alpha value is -0.860. The highest BCUT2D eigenvalue weighted by Crippen LogP contribution is 2.19. The minimum atomic E-state index is -3.07. The lowest BCUT2D eigenvalue weighted by atomic mass is 9.93. The summed E-state index contributed by atoms with van der Waals surface area (Å²) < 4.78 is 26.0. The molecule has 0 spiro atoms. The van der Waals surface area contributed by atoms with E-state index in [0.29, 0.717) is 19.5 Å². The molecule has 2 saturated heterocycles. The lowest BCUT2D eigenvalue weighted by Crippen LogP contribution is -2.50. The molecule has 27 heavy (non-hydrogen) atoms. The molecule has 0 aromatic rings. The number of rotatable bonds is 8. The van der Waals surface area contributed by atoms with Crippen molar-refractivity contribution in [3.63, 3.8) is 0 Å². The Morgan fingerprint density at radius 2 is 1.74 bits per heavy atom. The van der Waals surface area contributed by atoms with Crippen molar-refractivity contribution in [2.24, 2.45) is 10.9 Å². The quantitative estimate of drug-likeness (QED) is 0.476. The van der Waals surface area contributed by atoms with Gasteiger partial charge >= 0.3 is 0 Å². The van der Waals surface area contributed by atoms with Crippen LogP contribution in [0.2, 0.25) is 0 Å². The van der Waals surface area contributed by atoms with Crippen molar-refractivity contribution in [3.8, 4) is 0 Å². The summed E-state index contributed by atoms with van der Waals surface area (Å²) in [5.74, 6) is 1.91. The summed E-state index contributed by atoms with van der Waals surface area (Å²) >= 11 is 0. The fraction of sp³-hybridized carbons (Fsp3) is 0.947. The molecular formula is C19H39N5O2S. The van der Waals surface area contributed by atoms with Crippen LogP contribution in [0.25, 0.3) is 0 Å². The Morgan fingerprint density at radius 1 is 1.07 bits per heavy atom. The summed E-state index contributed by atoms with van der Waals surface area (Å²) in [5.41, 5.74) is 0. The Bertz CT molecular complexity index is 550. The Labute approximate surface area is 166 Å². The molecule has 2 aliphatic rings. The summed E-state index contributed by atoms with van der Waals surface area (Å²) in [7, 11) is -1.27. The second-order valence-corrected chi connectivity index (χ2v) is 9.89. The van der Waals surface area contributed by atoms with E-state index in [1.54, 1.807) is 11.4 Å². The largest absolute Gasteiger partial charge is 0.356 e. The highest BCUT2D eigenvalue weighted by molar-refractivity contribution is 7.89. The minimum absolute atomic E-state index is 0.255. The zero-order chi connectivity index (χ0) is 19.7. The number of piperidine rings is 2. The van der Waals surface area contributed by atoms with Crippen molar-refractivity contribution in [3.05, 3.63) is 0 Å². The second-order valence-electron chi connectivity index (χ2n) is 7.80. The van der Waals surface area contributed by atoms with Crippen LogP contribution < -0.4 is 10.6 Å². The van der Waals surface area contributed by atoms with Crippen LogP contribution in [0.15, 0.2) is 4.99 Å². The number of guanidine groups is 1. The molecule has 158 valence electrons. The maximum absolute atomic E-state index is 12.2. The number of likely N-dealkylation sites (tertiary alicyclic amines) is 1. The normalized spacial score (nSPS) is 22.1. The molecular weight excluding hydrogens is 362 g/mol. The molecule has 0 amide bonds. The summed E-state index contributed by atoms with van der Waals surface area (Å²) in [6, 6.07) is 0.289. The molecule has 0 bridgehead atoms. The van der Waals surface area contributed by atoms with Crippen LogP contribution in [-0.2, 0) is 10.0 Å². The first kappa shape index (κ1) is 22.4. The molecule has 0 aromatic carbocycles. The van der Waals surface area contributed by atoms with E-state index in [9.17, 15) is 8.42 Å². The summed E-state index contributed by atoms with van der Waals surface area (Å²) in [4.78, 5) is 6.87. The lowest BCUT2D eigenvalue weighted by molar-refractivity contribution is 0.187. The summed E-state index contributed by atoms with van der Waals surface area (Å²) in [6.45, 7) is 9.93. The van der Waals surface area contributed by atoms with Gasteiger partial charge in [0.15, 0.2) is 5.96 Å². The van der Waals surface area contributed by atoms with Gasteiger partial charge in [-0.15, -0.1) is 0 Å². The van der Waals surface area contributed by atoms with Crippen molar-refractivity contribution in [1.82, 2.24) is 19.8 Å². The lowest BCUT2D eigenvalue weighted by Gasteiger charge is -2.33. The fourth-order valence-electron chi connectivity index (χ4n) is 4.04. The SMILES string of the molecule is CCCS(=O)(=O)N1CCC(NC(=NC)NCCC2CCN(CC)CC2)CC1. The van der Waals surface area contributed by atoms with Crippen molar-refractivity contribution in [2.75, 3.05) is 52.1 Å². The van der Waals surface area contributed by atoms with Crippen LogP contribution >= 0.6 is 0 Å². The molecule has 2 heterocycles. The predicted octanol–water partition coefficient (Wildman–Crippen LogP) is 1.48. The maximum Gasteiger partial charge on any atom is 0.214 e. The molecule has 0 aromatic heterocycles. The van der Waals surface area contributed by atoms with Crippen LogP contribution in [0.4, 0.5) is 0 Å². The first-order chi connectivity index (χ1) is 13.0. The first-order valence-corrected chi connectivity index (χ1v) is 12.3. The highest BCUT2D eigenvalue weighted by Gasteiger charge is 2.27. The van der Waals surface area contributed by atoms with Crippen LogP contribution in [0.1, 0.15) is 52.4 Å². The average molecular weight is 402 g/mol. The van der Waals surface area contributed by atoms with E-state index < -0.39 is 10.0 Å². The third-order valence-corrected chi connectivity index (χ3v) is 7.95. The molecule has 0 radical (unpaired) electrons. The molecule has 8 heteroatoms. The van der Waals surface area contributed by atoms with Crippen LogP contribution in [-0.4, -0.2) is 81.7 Å². The molecule has 7 nitrogen and oxygen atoms in total. The first-order valence-electron chi connectivity index (χ1n) is 10.7. The van der Waals surface area contributed by atoms with Gasteiger partial charge in [-0.1, -0.05) is 13.8 Å². The fourth-order valence-corrected chi connectivity index (χ4v) is 5.58. The Kier molecular flexibility index (Phi) is 9.32. The van der Waals surface area contributed by atoms with Gasteiger partial charge in [0.1, 0.15) is 0 Å². The second kappa shape index (κ2) is 11.2. The van der Waals surface area contributed by atoms with Crippen molar-refractivity contribution >= 4 is 16.0 Å². The van der Waals surface area contributed by atoms with Gasteiger partial charge in [0, 0.05) is 32.7 Å². The van der Waals surface area contributed by atoms with Crippen LogP contribution in [0.3, 0.4) is 0 Å². The molecule has 2 N–H and O–H groups in total. The molecule has 2 fully saturated rings. The maximum atomic E-state index is 12.2. The molecule has 0 atom stereocenters. The van der Waals surface area contributed by atoms with Crippen molar-refractivity contribution in [2.45, 2.75) is 58.4 Å². The number of sulfonamides is 1. The van der Waals surface area contributed by atoms with Crippen LogP contribution in [0.5, 0.6) is 0 Å². The Balaban J connectivity index is 1.66. The van der Waals surface area contributed by atoms with E-state index >= 15 is 0 Å². The van der Waals surface area contributed by atoms with Gasteiger partial charge in [0.05, 0.1) is 5.75 Å². The van der Waals surface area contributed by atoms with Gasteiger partial charge < -0.3 is 15.5 Å². The van der Waals surface area contributed by atoms with Gasteiger partial charge in [0.25, 0.3) is 0 Å². The number of hydrogen-bond donors (Lipinski definition) is 2. The Morgan fingerprint density at radius 3 is 2.30 bits per heavy atom. The predicted molar refractivity (Wildman–Crippen MR) is 113 cm³/mol.